The first-order valence-electron chi connectivity index (χ1n) is 13.7. The lowest BCUT2D eigenvalue weighted by Crippen LogP contribution is -2.39. The van der Waals surface area contributed by atoms with Gasteiger partial charge >= 0.3 is 18.2 Å². The van der Waals surface area contributed by atoms with Gasteiger partial charge < -0.3 is 19.5 Å². The number of rotatable bonds is 8. The molecule has 220 valence electrons. The SMILES string of the molecule is COc1ccc(C2CC2C(=O)O)cc1-c1cnc(N2CCC2)nc1CN1C(=O)O[C@H](c2cccc(C(F)(F)F)c2)[C@@H]1C. The highest BCUT2D eigenvalue weighted by Crippen LogP contribution is 2.49. The number of aromatic nitrogens is 2. The second-order valence-electron chi connectivity index (χ2n) is 10.9. The highest BCUT2D eigenvalue weighted by Gasteiger charge is 2.45. The first kappa shape index (κ1) is 27.8. The monoisotopic (exact) mass is 582 g/mol. The molecule has 1 amide bonds. The molecule has 3 aromatic rings. The number of anilines is 1. The van der Waals surface area contributed by atoms with Crippen LogP contribution in [0.1, 0.15) is 54.2 Å². The number of carbonyl (C=O) groups excluding carboxylic acids is 1. The molecular formula is C30H29F3N4O5. The lowest BCUT2D eigenvalue weighted by Gasteiger charge is -2.31. The largest absolute Gasteiger partial charge is 0.496 e. The quantitative estimate of drug-likeness (QED) is 0.363. The number of benzene rings is 2. The van der Waals surface area contributed by atoms with Gasteiger partial charge in [-0.3, -0.25) is 9.69 Å². The normalized spacial score (nSPS) is 23.4. The first-order chi connectivity index (χ1) is 20.0. The summed E-state index contributed by atoms with van der Waals surface area (Å²) in [6.07, 6.45) is -2.86. The molecule has 3 aliphatic rings. The molecule has 12 heteroatoms. The van der Waals surface area contributed by atoms with Crippen LogP contribution in [0.25, 0.3) is 11.1 Å². The number of nitrogens with zero attached hydrogens (tertiary/aromatic N) is 4. The van der Waals surface area contributed by atoms with Crippen LogP contribution < -0.4 is 9.64 Å². The second kappa shape index (κ2) is 10.5. The van der Waals surface area contributed by atoms with Gasteiger partial charge in [-0.05, 0) is 61.1 Å². The van der Waals surface area contributed by atoms with Crippen LogP contribution in [0.15, 0.2) is 48.7 Å². The van der Waals surface area contributed by atoms with E-state index in [1.165, 1.54) is 24.1 Å². The fourth-order valence-electron chi connectivity index (χ4n) is 5.64. The molecule has 6 rings (SSSR count). The van der Waals surface area contributed by atoms with Gasteiger partial charge in [0.25, 0.3) is 0 Å². The molecule has 3 fully saturated rings. The molecule has 1 aromatic heterocycles. The third-order valence-electron chi connectivity index (χ3n) is 8.30. The van der Waals surface area contributed by atoms with E-state index in [9.17, 15) is 27.9 Å². The average Bonchev–Trinajstić information content (AvgIpc) is 3.69. The summed E-state index contributed by atoms with van der Waals surface area (Å²) >= 11 is 0. The van der Waals surface area contributed by atoms with Crippen molar-refractivity contribution in [2.45, 2.75) is 50.6 Å². The fourth-order valence-corrected chi connectivity index (χ4v) is 5.64. The number of methoxy groups -OCH3 is 1. The van der Waals surface area contributed by atoms with Gasteiger partial charge in [-0.1, -0.05) is 18.2 Å². The van der Waals surface area contributed by atoms with E-state index in [2.05, 4.69) is 4.98 Å². The van der Waals surface area contributed by atoms with Crippen LogP contribution >= 0.6 is 0 Å². The number of amides is 1. The maximum absolute atomic E-state index is 13.4. The first-order valence-corrected chi connectivity index (χ1v) is 13.7. The van der Waals surface area contributed by atoms with Crippen molar-refractivity contribution in [2.75, 3.05) is 25.1 Å². The molecule has 1 aliphatic carbocycles. The Morgan fingerprint density at radius 2 is 1.93 bits per heavy atom. The van der Waals surface area contributed by atoms with E-state index >= 15 is 0 Å². The predicted molar refractivity (Wildman–Crippen MR) is 145 cm³/mol. The summed E-state index contributed by atoms with van der Waals surface area (Å²) in [5.41, 5.74) is 2.07. The maximum atomic E-state index is 13.4. The molecule has 2 unspecified atom stereocenters. The van der Waals surface area contributed by atoms with Crippen LogP contribution in [0.4, 0.5) is 23.9 Å². The van der Waals surface area contributed by atoms with Crippen molar-refractivity contribution in [1.82, 2.24) is 14.9 Å². The van der Waals surface area contributed by atoms with E-state index in [4.69, 9.17) is 14.5 Å². The van der Waals surface area contributed by atoms with E-state index < -0.39 is 41.9 Å². The van der Waals surface area contributed by atoms with Gasteiger partial charge in [0.15, 0.2) is 0 Å². The van der Waals surface area contributed by atoms with E-state index in [1.54, 1.807) is 19.2 Å². The Balaban J connectivity index is 1.35. The van der Waals surface area contributed by atoms with Crippen LogP contribution in [0, 0.1) is 5.92 Å². The molecule has 2 aromatic carbocycles. The molecule has 0 spiro atoms. The Morgan fingerprint density at radius 3 is 2.57 bits per heavy atom. The summed E-state index contributed by atoms with van der Waals surface area (Å²) < 4.78 is 51.3. The number of hydrogen-bond donors (Lipinski definition) is 1. The van der Waals surface area contributed by atoms with Crippen molar-refractivity contribution in [3.05, 3.63) is 71.0 Å². The van der Waals surface area contributed by atoms with Gasteiger partial charge in [-0.15, -0.1) is 0 Å². The summed E-state index contributed by atoms with van der Waals surface area (Å²) in [4.78, 5) is 37.5. The van der Waals surface area contributed by atoms with Crippen molar-refractivity contribution >= 4 is 18.0 Å². The number of hydrogen-bond acceptors (Lipinski definition) is 7. The van der Waals surface area contributed by atoms with Crippen molar-refractivity contribution in [3.63, 3.8) is 0 Å². The van der Waals surface area contributed by atoms with E-state index in [1.807, 2.05) is 17.0 Å². The number of cyclic esters (lactones) is 1. The third kappa shape index (κ3) is 5.10. The topological polar surface area (TPSA) is 105 Å². The van der Waals surface area contributed by atoms with Crippen molar-refractivity contribution in [1.29, 1.82) is 0 Å². The van der Waals surface area contributed by atoms with Gasteiger partial charge in [-0.2, -0.15) is 13.2 Å². The molecule has 2 saturated heterocycles. The molecular weight excluding hydrogens is 553 g/mol. The molecule has 4 atom stereocenters. The summed E-state index contributed by atoms with van der Waals surface area (Å²) in [5.74, 6) is -0.343. The maximum Gasteiger partial charge on any atom is 0.416 e. The smallest absolute Gasteiger partial charge is 0.416 e. The zero-order chi connectivity index (χ0) is 29.8. The van der Waals surface area contributed by atoms with Gasteiger partial charge in [0.1, 0.15) is 11.9 Å². The Hall–Kier alpha value is -4.35. The van der Waals surface area contributed by atoms with Crippen LogP contribution in [0.5, 0.6) is 5.75 Å². The summed E-state index contributed by atoms with van der Waals surface area (Å²) in [6.45, 7) is 3.35. The van der Waals surface area contributed by atoms with Gasteiger partial charge in [0.2, 0.25) is 5.95 Å². The number of carbonyl (C=O) groups is 2. The number of halogens is 3. The molecule has 42 heavy (non-hydrogen) atoms. The Morgan fingerprint density at radius 1 is 1.14 bits per heavy atom. The van der Waals surface area contributed by atoms with Gasteiger partial charge in [-0.25, -0.2) is 14.8 Å². The van der Waals surface area contributed by atoms with Crippen molar-refractivity contribution in [2.24, 2.45) is 5.92 Å². The molecule has 2 aliphatic heterocycles. The molecule has 1 N–H and O–H groups in total. The summed E-state index contributed by atoms with van der Waals surface area (Å²) in [6, 6.07) is 9.74. The molecule has 0 radical (unpaired) electrons. The molecule has 1 saturated carbocycles. The van der Waals surface area contributed by atoms with Crippen LogP contribution in [0.3, 0.4) is 0 Å². The number of ether oxygens (including phenoxy) is 2. The number of alkyl halides is 3. The van der Waals surface area contributed by atoms with E-state index in [0.717, 1.165) is 37.2 Å². The van der Waals surface area contributed by atoms with E-state index in [-0.39, 0.29) is 18.0 Å². The minimum absolute atomic E-state index is 0.0166. The standard InChI is InChI=1S/C30H29F3N4O5/c1-16-26(18-5-3-6-19(11-18)30(31,32)33)42-29(40)37(16)15-24-23(14-34-28(35-24)36-9-4-10-36)21-12-17(7-8-25(21)41-2)20-13-22(20)27(38)39/h3,5-8,11-12,14,16,20,22,26H,4,9-10,13,15H2,1-2H3,(H,38,39)/t16-,20?,22?,26-/m0/s1. The van der Waals surface area contributed by atoms with Crippen molar-refractivity contribution in [3.8, 4) is 16.9 Å². The second-order valence-corrected chi connectivity index (χ2v) is 10.9. The lowest BCUT2D eigenvalue weighted by molar-refractivity contribution is -0.139. The number of aliphatic carboxylic acids is 1. The Labute approximate surface area is 239 Å². The molecule has 3 heterocycles. The highest BCUT2D eigenvalue weighted by molar-refractivity contribution is 5.78. The zero-order valence-corrected chi connectivity index (χ0v) is 23.0. The molecule has 0 bridgehead atoms. The van der Waals surface area contributed by atoms with Crippen LogP contribution in [-0.2, 0) is 22.3 Å². The number of carboxylic acids is 1. The third-order valence-corrected chi connectivity index (χ3v) is 8.30. The number of carboxylic acid groups (broad SMARTS) is 1. The minimum atomic E-state index is -4.52. The Bertz CT molecular complexity index is 1540. The minimum Gasteiger partial charge on any atom is -0.496 e. The zero-order valence-electron chi connectivity index (χ0n) is 23.0. The Kier molecular flexibility index (Phi) is 6.94. The van der Waals surface area contributed by atoms with Crippen LogP contribution in [-0.4, -0.2) is 58.3 Å². The predicted octanol–water partition coefficient (Wildman–Crippen LogP) is 5.65. The van der Waals surface area contributed by atoms with Gasteiger partial charge in [0, 0.05) is 30.4 Å². The molecule has 9 nitrogen and oxygen atoms in total. The summed E-state index contributed by atoms with van der Waals surface area (Å²) in [7, 11) is 1.53. The van der Waals surface area contributed by atoms with Gasteiger partial charge in [0.05, 0.1) is 36.9 Å². The van der Waals surface area contributed by atoms with Crippen molar-refractivity contribution < 1.29 is 37.3 Å². The van der Waals surface area contributed by atoms with E-state index in [0.29, 0.717) is 34.9 Å². The highest BCUT2D eigenvalue weighted by atomic mass is 19.4. The average molecular weight is 583 g/mol. The fraction of sp³-hybridized carbons (Fsp3) is 0.400. The lowest BCUT2D eigenvalue weighted by atomic mass is 9.98. The summed E-state index contributed by atoms with van der Waals surface area (Å²) in [5, 5.41) is 9.44. The van der Waals surface area contributed by atoms with Crippen LogP contribution in [0.2, 0.25) is 0 Å².